The number of nitrogens with one attached hydrogen (secondary N) is 1. The van der Waals surface area contributed by atoms with E-state index < -0.39 is 0 Å². The van der Waals surface area contributed by atoms with Crippen molar-refractivity contribution < 1.29 is 18.7 Å². The molecule has 1 aliphatic heterocycles. The fourth-order valence-electron chi connectivity index (χ4n) is 3.98. The van der Waals surface area contributed by atoms with Gasteiger partial charge in [0.2, 0.25) is 11.7 Å². The Morgan fingerprint density at radius 2 is 1.95 bits per heavy atom. The molecule has 4 rings (SSSR count). The first kappa shape index (κ1) is 26.2. The molecule has 0 bridgehead atoms. The van der Waals surface area contributed by atoms with Crippen molar-refractivity contribution in [3.05, 3.63) is 48.7 Å². The van der Waals surface area contributed by atoms with Gasteiger partial charge in [0, 0.05) is 65.2 Å². The highest BCUT2D eigenvalue weighted by Gasteiger charge is 2.18. The summed E-state index contributed by atoms with van der Waals surface area (Å²) in [5, 5.41) is 2.97. The molecule has 0 amide bonds. The minimum absolute atomic E-state index is 0.00599. The molecule has 1 aromatic carbocycles. The lowest BCUT2D eigenvalue weighted by molar-refractivity contribution is 0.0973. The van der Waals surface area contributed by atoms with Crippen LogP contribution in [0, 0.1) is 0 Å². The Kier molecular flexibility index (Phi) is 9.11. The van der Waals surface area contributed by atoms with Crippen LogP contribution in [0.5, 0.6) is 5.75 Å². The summed E-state index contributed by atoms with van der Waals surface area (Å²) in [5.41, 5.74) is 7.12. The second-order valence-corrected chi connectivity index (χ2v) is 8.67. The molecule has 0 aliphatic carbocycles. The number of rotatable bonds is 13. The van der Waals surface area contributed by atoms with E-state index >= 15 is 0 Å². The van der Waals surface area contributed by atoms with Gasteiger partial charge in [0.1, 0.15) is 30.3 Å². The minimum Gasteiger partial charge on any atom is -0.491 e. The largest absolute Gasteiger partial charge is 0.491 e. The van der Waals surface area contributed by atoms with E-state index in [1.807, 2.05) is 24.1 Å². The highest BCUT2D eigenvalue weighted by molar-refractivity contribution is 5.94. The van der Waals surface area contributed by atoms with Crippen molar-refractivity contribution in [1.29, 1.82) is 0 Å². The number of ether oxygens (including phenoxy) is 2. The van der Waals surface area contributed by atoms with Crippen molar-refractivity contribution in [3.8, 4) is 5.75 Å². The maximum absolute atomic E-state index is 12.1. The van der Waals surface area contributed by atoms with Gasteiger partial charge in [-0.3, -0.25) is 9.69 Å². The zero-order chi connectivity index (χ0) is 26.0. The third-order valence-corrected chi connectivity index (χ3v) is 6.10. The molecule has 0 spiro atoms. The molecular weight excluding hydrogens is 476 g/mol. The van der Waals surface area contributed by atoms with Crippen molar-refractivity contribution in [1.82, 2.24) is 19.9 Å². The van der Waals surface area contributed by atoms with Crippen molar-refractivity contribution in [2.75, 3.05) is 94.0 Å². The normalized spacial score (nSPS) is 13.9. The van der Waals surface area contributed by atoms with E-state index in [1.54, 1.807) is 13.2 Å². The summed E-state index contributed by atoms with van der Waals surface area (Å²) in [7, 11) is 3.63. The number of oxazole rings is 1. The van der Waals surface area contributed by atoms with E-state index in [1.165, 1.54) is 18.1 Å². The van der Waals surface area contributed by atoms with Crippen LogP contribution in [-0.4, -0.2) is 98.8 Å². The summed E-state index contributed by atoms with van der Waals surface area (Å²) < 4.78 is 15.7. The van der Waals surface area contributed by atoms with Crippen molar-refractivity contribution in [3.63, 3.8) is 0 Å². The number of benzene rings is 1. The van der Waals surface area contributed by atoms with Crippen LogP contribution in [0.1, 0.15) is 10.7 Å². The maximum atomic E-state index is 12.1. The molecule has 0 radical (unpaired) electrons. The topological polar surface area (TPSA) is 135 Å². The van der Waals surface area contributed by atoms with Gasteiger partial charge in [0.05, 0.1) is 19.3 Å². The molecule has 12 nitrogen and oxygen atoms in total. The van der Waals surface area contributed by atoms with Crippen LogP contribution in [0.15, 0.2) is 47.2 Å². The molecule has 2 aromatic heterocycles. The lowest BCUT2D eigenvalue weighted by Crippen LogP contribution is -2.48. The number of nitrogen functional groups attached to an aromatic ring is 1. The van der Waals surface area contributed by atoms with E-state index in [4.69, 9.17) is 19.6 Å². The zero-order valence-electron chi connectivity index (χ0n) is 21.3. The molecule has 1 fully saturated rings. The molecule has 3 N–H and O–H groups in total. The number of hydrogen-bond acceptors (Lipinski definition) is 12. The Morgan fingerprint density at radius 3 is 2.65 bits per heavy atom. The number of hydrogen-bond donors (Lipinski definition) is 2. The second-order valence-electron chi connectivity index (χ2n) is 8.67. The SMILES string of the molecule is COCCOc1ccc(N2CCN(CCN(C)c3cc(NCC(=O)c4ncco4)nc(N)n3)CC2)cc1. The monoisotopic (exact) mass is 510 g/mol. The maximum Gasteiger partial charge on any atom is 0.264 e. The summed E-state index contributed by atoms with van der Waals surface area (Å²) in [5.74, 6) is 1.92. The van der Waals surface area contributed by atoms with E-state index in [0.29, 0.717) is 24.8 Å². The van der Waals surface area contributed by atoms with Crippen molar-refractivity contribution >= 4 is 29.1 Å². The summed E-state index contributed by atoms with van der Waals surface area (Å²) in [4.78, 5) is 31.4. The Labute approximate surface area is 216 Å². The van der Waals surface area contributed by atoms with E-state index in [2.05, 4.69) is 42.2 Å². The number of carbonyl (C=O) groups excluding carboxylic acids is 1. The summed E-state index contributed by atoms with van der Waals surface area (Å²) in [6.45, 7) is 6.65. The quantitative estimate of drug-likeness (QED) is 0.255. The standard InChI is InChI=1S/C25H34N8O4/c1-31(23-17-22(29-25(26)30-23)28-18-21(34)24-27-7-14-37-24)8-9-32-10-12-33(13-11-32)19-3-5-20(6-4-19)36-16-15-35-2/h3-7,14,17H,8-13,15-16,18H2,1-2H3,(H3,26,28,29,30). The average Bonchev–Trinajstić information content (AvgIpc) is 3.46. The van der Waals surface area contributed by atoms with Crippen LogP contribution in [0.2, 0.25) is 0 Å². The second kappa shape index (κ2) is 12.9. The van der Waals surface area contributed by atoms with Gasteiger partial charge < -0.3 is 34.7 Å². The highest BCUT2D eigenvalue weighted by atomic mass is 16.5. The molecule has 1 aliphatic rings. The lowest BCUT2D eigenvalue weighted by Gasteiger charge is -2.36. The molecular formula is C25H34N8O4. The van der Waals surface area contributed by atoms with Crippen molar-refractivity contribution in [2.45, 2.75) is 0 Å². The molecule has 0 unspecified atom stereocenters. The van der Waals surface area contributed by atoms with Crippen molar-refractivity contribution in [2.24, 2.45) is 0 Å². The van der Waals surface area contributed by atoms with E-state index in [-0.39, 0.29) is 24.2 Å². The number of nitrogens with two attached hydrogens (primary N) is 1. The van der Waals surface area contributed by atoms with Gasteiger partial charge in [0.25, 0.3) is 5.89 Å². The van der Waals surface area contributed by atoms with Crippen LogP contribution in [-0.2, 0) is 4.74 Å². The summed E-state index contributed by atoms with van der Waals surface area (Å²) in [6.07, 6.45) is 2.79. The first-order valence-electron chi connectivity index (χ1n) is 12.2. The fourth-order valence-corrected chi connectivity index (χ4v) is 3.98. The van der Waals surface area contributed by atoms with Crippen LogP contribution < -0.4 is 25.6 Å². The van der Waals surface area contributed by atoms with Crippen LogP contribution in [0.25, 0.3) is 0 Å². The number of carbonyl (C=O) groups is 1. The highest BCUT2D eigenvalue weighted by Crippen LogP contribution is 2.21. The predicted molar refractivity (Wildman–Crippen MR) is 142 cm³/mol. The third-order valence-electron chi connectivity index (χ3n) is 6.10. The van der Waals surface area contributed by atoms with Gasteiger partial charge in [0.15, 0.2) is 0 Å². The minimum atomic E-state index is -0.275. The summed E-state index contributed by atoms with van der Waals surface area (Å²) >= 11 is 0. The van der Waals surface area contributed by atoms with E-state index in [9.17, 15) is 4.79 Å². The van der Waals surface area contributed by atoms with Gasteiger partial charge in [-0.25, -0.2) is 4.98 Å². The Bertz CT molecular complexity index is 1120. The molecule has 1 saturated heterocycles. The first-order chi connectivity index (χ1) is 18.0. The predicted octanol–water partition coefficient (Wildman–Crippen LogP) is 1.63. The van der Waals surface area contributed by atoms with Crippen LogP contribution >= 0.6 is 0 Å². The van der Waals surface area contributed by atoms with Gasteiger partial charge in [-0.15, -0.1) is 0 Å². The number of ketones is 1. The third kappa shape index (κ3) is 7.54. The number of methoxy groups -OCH3 is 1. The van der Waals surface area contributed by atoms with Gasteiger partial charge in [-0.2, -0.15) is 9.97 Å². The average molecular weight is 511 g/mol. The fraction of sp³-hybridized carbons (Fsp3) is 0.440. The molecule has 198 valence electrons. The molecule has 37 heavy (non-hydrogen) atoms. The molecule has 12 heteroatoms. The van der Waals surface area contributed by atoms with Gasteiger partial charge >= 0.3 is 0 Å². The summed E-state index contributed by atoms with van der Waals surface area (Å²) in [6, 6.07) is 10.0. The van der Waals surface area contributed by atoms with Gasteiger partial charge in [-0.05, 0) is 24.3 Å². The van der Waals surface area contributed by atoms with Crippen LogP contribution in [0.3, 0.4) is 0 Å². The van der Waals surface area contributed by atoms with E-state index in [0.717, 1.165) is 45.0 Å². The molecule has 3 aromatic rings. The zero-order valence-corrected chi connectivity index (χ0v) is 21.3. The number of likely N-dealkylation sites (N-methyl/N-ethyl adjacent to an activating group) is 1. The molecule has 0 atom stereocenters. The molecule has 3 heterocycles. The Morgan fingerprint density at radius 1 is 1.16 bits per heavy atom. The van der Waals surface area contributed by atoms with Crippen LogP contribution in [0.4, 0.5) is 23.3 Å². The Balaban J connectivity index is 1.22. The number of anilines is 4. The number of aromatic nitrogens is 3. The number of Topliss-reactive ketones (excluding diaryl/α,β-unsaturated/α-hetero) is 1. The smallest absolute Gasteiger partial charge is 0.264 e. The van der Waals surface area contributed by atoms with Gasteiger partial charge in [-0.1, -0.05) is 0 Å². The first-order valence-corrected chi connectivity index (χ1v) is 12.2. The molecule has 0 saturated carbocycles. The number of nitrogens with zero attached hydrogens (tertiary/aromatic N) is 6. The Hall–Kier alpha value is -3.90. The number of piperazine rings is 1. The lowest BCUT2D eigenvalue weighted by atomic mass is 10.2.